The van der Waals surface area contributed by atoms with Crippen molar-refractivity contribution >= 4 is 28.7 Å². The zero-order chi connectivity index (χ0) is 14.3. The molecule has 0 unspecified atom stereocenters. The molecule has 0 spiro atoms. The highest BCUT2D eigenvalue weighted by atomic mass is 32.1. The minimum Gasteiger partial charge on any atom is -0.372 e. The molecule has 0 radical (unpaired) electrons. The summed E-state index contributed by atoms with van der Waals surface area (Å²) in [7, 11) is 0. The van der Waals surface area contributed by atoms with Gasteiger partial charge < -0.3 is 15.5 Å². The van der Waals surface area contributed by atoms with Gasteiger partial charge in [-0.1, -0.05) is 18.7 Å². The highest BCUT2D eigenvalue weighted by Gasteiger charge is 2.04. The van der Waals surface area contributed by atoms with Crippen LogP contribution in [0, 0.1) is 0 Å². The van der Waals surface area contributed by atoms with E-state index in [0.717, 1.165) is 30.9 Å². The van der Waals surface area contributed by atoms with Crippen LogP contribution in [0.1, 0.15) is 26.3 Å². The summed E-state index contributed by atoms with van der Waals surface area (Å²) in [6.07, 6.45) is 0. The second-order valence-corrected chi connectivity index (χ2v) is 4.59. The molecule has 0 saturated carbocycles. The van der Waals surface area contributed by atoms with Crippen LogP contribution in [0.2, 0.25) is 0 Å². The Hall–Kier alpha value is -1.55. The molecule has 0 aromatic heterocycles. The molecule has 0 fully saturated rings. The first-order chi connectivity index (χ1) is 9.12. The average molecular weight is 277 g/mol. The molecule has 1 rings (SSSR count). The number of benzene rings is 1. The molecule has 0 aliphatic rings. The Bertz CT molecular complexity index is 422. The van der Waals surface area contributed by atoms with Crippen molar-refractivity contribution in [2.45, 2.75) is 20.8 Å². The van der Waals surface area contributed by atoms with Crippen LogP contribution in [0.25, 0.3) is 5.70 Å². The summed E-state index contributed by atoms with van der Waals surface area (Å²) in [6.45, 7) is 13.2. The first kappa shape index (κ1) is 15.5. The van der Waals surface area contributed by atoms with E-state index >= 15 is 0 Å². The molecular formula is C15H23N3S. The molecule has 19 heavy (non-hydrogen) atoms. The smallest absolute Gasteiger partial charge is 0.170 e. The lowest BCUT2D eigenvalue weighted by atomic mass is 10.1. The summed E-state index contributed by atoms with van der Waals surface area (Å²) >= 11 is 5.14. The molecule has 0 amide bonds. The van der Waals surface area contributed by atoms with Crippen molar-refractivity contribution in [2.75, 3.05) is 24.5 Å². The molecule has 0 aliphatic carbocycles. The van der Waals surface area contributed by atoms with Gasteiger partial charge >= 0.3 is 0 Å². The molecule has 104 valence electrons. The summed E-state index contributed by atoms with van der Waals surface area (Å²) in [6, 6.07) is 8.37. The van der Waals surface area contributed by atoms with Gasteiger partial charge in [0.15, 0.2) is 5.11 Å². The van der Waals surface area contributed by atoms with Crippen LogP contribution in [0.15, 0.2) is 30.8 Å². The normalized spacial score (nSPS) is 9.84. The Morgan fingerprint density at radius 1 is 1.16 bits per heavy atom. The summed E-state index contributed by atoms with van der Waals surface area (Å²) in [5.74, 6) is 0. The van der Waals surface area contributed by atoms with E-state index in [9.17, 15) is 0 Å². The van der Waals surface area contributed by atoms with Gasteiger partial charge in [-0.15, -0.1) is 0 Å². The largest absolute Gasteiger partial charge is 0.372 e. The van der Waals surface area contributed by atoms with E-state index in [2.05, 4.69) is 60.2 Å². The fraction of sp³-hybridized carbons (Fsp3) is 0.400. The van der Waals surface area contributed by atoms with Crippen molar-refractivity contribution in [1.29, 1.82) is 0 Å². The topological polar surface area (TPSA) is 27.3 Å². The van der Waals surface area contributed by atoms with Gasteiger partial charge in [-0.05, 0) is 50.7 Å². The Balaban J connectivity index is 2.70. The van der Waals surface area contributed by atoms with E-state index in [1.165, 1.54) is 5.69 Å². The van der Waals surface area contributed by atoms with Gasteiger partial charge in [0.25, 0.3) is 0 Å². The number of hydrogen-bond donors (Lipinski definition) is 2. The van der Waals surface area contributed by atoms with Crippen LogP contribution in [-0.4, -0.2) is 24.7 Å². The second-order valence-electron chi connectivity index (χ2n) is 4.18. The van der Waals surface area contributed by atoms with E-state index in [-0.39, 0.29) is 0 Å². The third-order valence-corrected chi connectivity index (χ3v) is 3.19. The van der Waals surface area contributed by atoms with E-state index in [1.54, 1.807) is 0 Å². The predicted molar refractivity (Wildman–Crippen MR) is 88.4 cm³/mol. The molecular weight excluding hydrogens is 254 g/mol. The fourth-order valence-electron chi connectivity index (χ4n) is 1.88. The Morgan fingerprint density at radius 2 is 1.74 bits per heavy atom. The van der Waals surface area contributed by atoms with Crippen LogP contribution in [0.5, 0.6) is 0 Å². The maximum atomic E-state index is 5.14. The number of thiocarbonyl (C=S) groups is 1. The summed E-state index contributed by atoms with van der Waals surface area (Å²) in [5, 5.41) is 6.74. The van der Waals surface area contributed by atoms with Crippen molar-refractivity contribution < 1.29 is 0 Å². The van der Waals surface area contributed by atoms with E-state index in [4.69, 9.17) is 12.2 Å². The molecule has 0 atom stereocenters. The van der Waals surface area contributed by atoms with Crippen LogP contribution in [0.3, 0.4) is 0 Å². The second kappa shape index (κ2) is 7.79. The Kier molecular flexibility index (Phi) is 6.36. The van der Waals surface area contributed by atoms with Crippen molar-refractivity contribution in [3.05, 3.63) is 36.4 Å². The quantitative estimate of drug-likeness (QED) is 0.782. The standard InChI is InChI=1S/C15H23N3S/c1-5-16-15(19)17-12(4)13-8-10-14(11-9-13)18(6-2)7-3/h8-11H,4-7H2,1-3H3,(H2,16,17,19). The molecule has 2 N–H and O–H groups in total. The molecule has 1 aromatic carbocycles. The van der Waals surface area contributed by atoms with Gasteiger partial charge in [0, 0.05) is 31.0 Å². The van der Waals surface area contributed by atoms with E-state index in [0.29, 0.717) is 5.11 Å². The zero-order valence-electron chi connectivity index (χ0n) is 12.0. The van der Waals surface area contributed by atoms with Crippen LogP contribution >= 0.6 is 12.2 Å². The van der Waals surface area contributed by atoms with Gasteiger partial charge in [0.2, 0.25) is 0 Å². The lowest BCUT2D eigenvalue weighted by Gasteiger charge is -2.21. The van der Waals surface area contributed by atoms with Crippen LogP contribution in [0.4, 0.5) is 5.69 Å². The lowest BCUT2D eigenvalue weighted by Crippen LogP contribution is -2.33. The SMILES string of the molecule is C=C(NC(=S)NCC)c1ccc(N(CC)CC)cc1. The maximum Gasteiger partial charge on any atom is 0.170 e. The van der Waals surface area contributed by atoms with Crippen LogP contribution < -0.4 is 15.5 Å². The number of anilines is 1. The number of nitrogens with zero attached hydrogens (tertiary/aromatic N) is 1. The van der Waals surface area contributed by atoms with Crippen molar-refractivity contribution in [3.63, 3.8) is 0 Å². The number of hydrogen-bond acceptors (Lipinski definition) is 2. The third-order valence-electron chi connectivity index (χ3n) is 2.95. The zero-order valence-corrected chi connectivity index (χ0v) is 12.8. The lowest BCUT2D eigenvalue weighted by molar-refractivity contribution is 0.866. The van der Waals surface area contributed by atoms with Gasteiger partial charge in [-0.2, -0.15) is 0 Å². The number of rotatable bonds is 6. The first-order valence-corrected chi connectivity index (χ1v) is 7.12. The fourth-order valence-corrected chi connectivity index (χ4v) is 2.14. The van der Waals surface area contributed by atoms with Crippen molar-refractivity contribution in [3.8, 4) is 0 Å². The Labute approximate surface area is 121 Å². The summed E-state index contributed by atoms with van der Waals surface area (Å²) in [5.41, 5.74) is 3.10. The van der Waals surface area contributed by atoms with E-state index in [1.807, 2.05) is 6.92 Å². The van der Waals surface area contributed by atoms with Crippen LogP contribution in [-0.2, 0) is 0 Å². The van der Waals surface area contributed by atoms with Gasteiger partial charge in [0.05, 0.1) is 0 Å². The minimum atomic E-state index is 0.611. The maximum absolute atomic E-state index is 5.14. The molecule has 0 saturated heterocycles. The highest BCUT2D eigenvalue weighted by Crippen LogP contribution is 2.17. The Morgan fingerprint density at radius 3 is 2.21 bits per heavy atom. The summed E-state index contributed by atoms with van der Waals surface area (Å²) in [4.78, 5) is 2.31. The monoisotopic (exact) mass is 277 g/mol. The van der Waals surface area contributed by atoms with Gasteiger partial charge in [-0.3, -0.25) is 0 Å². The molecule has 0 heterocycles. The van der Waals surface area contributed by atoms with Crippen molar-refractivity contribution in [1.82, 2.24) is 10.6 Å². The molecule has 4 heteroatoms. The van der Waals surface area contributed by atoms with E-state index < -0.39 is 0 Å². The third kappa shape index (κ3) is 4.56. The molecule has 0 bridgehead atoms. The first-order valence-electron chi connectivity index (χ1n) is 6.71. The molecule has 1 aromatic rings. The van der Waals surface area contributed by atoms with Crippen molar-refractivity contribution in [2.24, 2.45) is 0 Å². The van der Waals surface area contributed by atoms with Gasteiger partial charge in [0.1, 0.15) is 0 Å². The number of nitrogens with one attached hydrogen (secondary N) is 2. The highest BCUT2D eigenvalue weighted by molar-refractivity contribution is 7.80. The van der Waals surface area contributed by atoms with Gasteiger partial charge in [-0.25, -0.2) is 0 Å². The molecule has 0 aliphatic heterocycles. The minimum absolute atomic E-state index is 0.611. The summed E-state index contributed by atoms with van der Waals surface area (Å²) < 4.78 is 0. The predicted octanol–water partition coefficient (Wildman–Crippen LogP) is 2.99. The average Bonchev–Trinajstić information content (AvgIpc) is 2.41. The molecule has 3 nitrogen and oxygen atoms in total.